The summed E-state index contributed by atoms with van der Waals surface area (Å²) in [6, 6.07) is 7.71. The van der Waals surface area contributed by atoms with Gasteiger partial charge >= 0.3 is 0 Å². The van der Waals surface area contributed by atoms with Crippen molar-refractivity contribution in [2.75, 3.05) is 0 Å². The summed E-state index contributed by atoms with van der Waals surface area (Å²) in [5.74, 6) is -0.253. The van der Waals surface area contributed by atoms with E-state index >= 15 is 0 Å². The molecule has 0 unspecified atom stereocenters. The maximum Gasteiger partial charge on any atom is 0.217 e. The van der Waals surface area contributed by atoms with E-state index < -0.39 is 0 Å². The highest BCUT2D eigenvalue weighted by Crippen LogP contribution is 2.07. The van der Waals surface area contributed by atoms with E-state index in [4.69, 9.17) is 10.8 Å². The van der Waals surface area contributed by atoms with Crippen LogP contribution in [0.5, 0.6) is 0 Å². The van der Waals surface area contributed by atoms with Crippen molar-refractivity contribution in [2.24, 2.45) is 5.73 Å². The van der Waals surface area contributed by atoms with Crippen molar-refractivity contribution in [1.29, 1.82) is 0 Å². The Bertz CT molecular complexity index is 293. The minimum absolute atomic E-state index is 0.0710. The Labute approximate surface area is 83.6 Å². The van der Waals surface area contributed by atoms with E-state index in [1.807, 2.05) is 24.3 Å². The average molecular weight is 193 g/mol. The molecule has 1 rings (SSSR count). The van der Waals surface area contributed by atoms with Gasteiger partial charge in [-0.25, -0.2) is 0 Å². The lowest BCUT2D eigenvalue weighted by Gasteiger charge is -2.01. The van der Waals surface area contributed by atoms with Crippen molar-refractivity contribution in [3.63, 3.8) is 0 Å². The molecule has 1 aromatic carbocycles. The molecule has 0 saturated carbocycles. The minimum Gasteiger partial charge on any atom is -0.392 e. The molecule has 0 aliphatic carbocycles. The lowest BCUT2D eigenvalue weighted by molar-refractivity contribution is -0.118. The van der Waals surface area contributed by atoms with Crippen molar-refractivity contribution in [3.05, 3.63) is 35.4 Å². The van der Waals surface area contributed by atoms with E-state index in [2.05, 4.69) is 0 Å². The molecule has 76 valence electrons. The molecule has 0 aromatic heterocycles. The lowest BCUT2D eigenvalue weighted by atomic mass is 10.1. The maximum atomic E-state index is 10.5. The molecule has 1 amide bonds. The van der Waals surface area contributed by atoms with Crippen LogP contribution in [0, 0.1) is 0 Å². The number of hydrogen-bond donors (Lipinski definition) is 2. The van der Waals surface area contributed by atoms with Gasteiger partial charge in [0.05, 0.1) is 6.61 Å². The first-order chi connectivity index (χ1) is 6.72. The van der Waals surface area contributed by atoms with Crippen LogP contribution in [0.2, 0.25) is 0 Å². The number of carbonyl (C=O) groups excluding carboxylic acids is 1. The van der Waals surface area contributed by atoms with E-state index in [0.717, 1.165) is 18.4 Å². The molecule has 0 bridgehead atoms. The molecule has 0 fully saturated rings. The Morgan fingerprint density at radius 1 is 1.21 bits per heavy atom. The van der Waals surface area contributed by atoms with Crippen LogP contribution >= 0.6 is 0 Å². The van der Waals surface area contributed by atoms with Crippen molar-refractivity contribution in [3.8, 4) is 0 Å². The van der Waals surface area contributed by atoms with Crippen LogP contribution < -0.4 is 5.73 Å². The Kier molecular flexibility index (Phi) is 4.13. The largest absolute Gasteiger partial charge is 0.392 e. The molecule has 0 atom stereocenters. The number of aliphatic hydroxyl groups excluding tert-OH is 1. The summed E-state index contributed by atoms with van der Waals surface area (Å²) >= 11 is 0. The second kappa shape index (κ2) is 5.40. The van der Waals surface area contributed by atoms with Crippen LogP contribution in [0.15, 0.2) is 24.3 Å². The van der Waals surface area contributed by atoms with E-state index in [-0.39, 0.29) is 12.5 Å². The van der Waals surface area contributed by atoms with Crippen LogP contribution in [-0.2, 0) is 17.8 Å². The fraction of sp³-hybridized carbons (Fsp3) is 0.364. The fourth-order valence-corrected chi connectivity index (χ4v) is 1.28. The molecule has 0 spiro atoms. The molecule has 14 heavy (non-hydrogen) atoms. The van der Waals surface area contributed by atoms with Gasteiger partial charge in [-0.3, -0.25) is 4.79 Å². The van der Waals surface area contributed by atoms with Gasteiger partial charge in [-0.15, -0.1) is 0 Å². The topological polar surface area (TPSA) is 63.3 Å². The highest BCUT2D eigenvalue weighted by atomic mass is 16.3. The first-order valence-corrected chi connectivity index (χ1v) is 4.69. The van der Waals surface area contributed by atoms with Crippen LogP contribution in [0.25, 0.3) is 0 Å². The van der Waals surface area contributed by atoms with Crippen LogP contribution in [0.3, 0.4) is 0 Å². The monoisotopic (exact) mass is 193 g/mol. The van der Waals surface area contributed by atoms with E-state index in [9.17, 15) is 4.79 Å². The van der Waals surface area contributed by atoms with Gasteiger partial charge in [0, 0.05) is 6.42 Å². The van der Waals surface area contributed by atoms with Gasteiger partial charge in [0.2, 0.25) is 5.91 Å². The number of aliphatic hydroxyl groups is 1. The summed E-state index contributed by atoms with van der Waals surface area (Å²) in [4.78, 5) is 10.5. The van der Waals surface area contributed by atoms with Crippen molar-refractivity contribution in [1.82, 2.24) is 0 Å². The third-order valence-corrected chi connectivity index (χ3v) is 2.09. The first-order valence-electron chi connectivity index (χ1n) is 4.69. The number of nitrogens with two attached hydrogens (primary N) is 1. The standard InChI is InChI=1S/C11H15NO2/c12-11(14)3-1-2-9-4-6-10(8-13)7-5-9/h4-7,13H,1-3,8H2,(H2,12,14). The normalized spacial score (nSPS) is 10.1. The molecule has 0 aliphatic rings. The number of benzene rings is 1. The van der Waals surface area contributed by atoms with Crippen molar-refractivity contribution >= 4 is 5.91 Å². The Balaban J connectivity index is 2.40. The maximum absolute atomic E-state index is 10.5. The first kappa shape index (κ1) is 10.7. The van der Waals surface area contributed by atoms with Gasteiger partial charge in [0.1, 0.15) is 0 Å². The Morgan fingerprint density at radius 2 is 1.79 bits per heavy atom. The quantitative estimate of drug-likeness (QED) is 0.732. The van der Waals surface area contributed by atoms with Crippen molar-refractivity contribution in [2.45, 2.75) is 25.9 Å². The molecule has 0 saturated heterocycles. The molecule has 1 aromatic rings. The van der Waals surface area contributed by atoms with Gasteiger partial charge in [0.15, 0.2) is 0 Å². The molecule has 3 nitrogen and oxygen atoms in total. The van der Waals surface area contributed by atoms with E-state index in [1.54, 1.807) is 0 Å². The number of aryl methyl sites for hydroxylation is 1. The molecular formula is C11H15NO2. The summed E-state index contributed by atoms with van der Waals surface area (Å²) in [6.45, 7) is 0.0710. The molecular weight excluding hydrogens is 178 g/mol. The van der Waals surface area contributed by atoms with Gasteiger partial charge in [-0.1, -0.05) is 24.3 Å². The zero-order valence-corrected chi connectivity index (χ0v) is 8.07. The minimum atomic E-state index is -0.253. The molecule has 0 heterocycles. The van der Waals surface area contributed by atoms with Gasteiger partial charge < -0.3 is 10.8 Å². The van der Waals surface area contributed by atoms with Gasteiger partial charge in [-0.05, 0) is 24.0 Å². The van der Waals surface area contributed by atoms with Gasteiger partial charge in [0.25, 0.3) is 0 Å². The lowest BCUT2D eigenvalue weighted by Crippen LogP contribution is -2.10. The summed E-state index contributed by atoms with van der Waals surface area (Å²) in [5, 5.41) is 8.82. The molecule has 0 aliphatic heterocycles. The predicted molar refractivity (Wildman–Crippen MR) is 54.5 cm³/mol. The van der Waals surface area contributed by atoms with E-state index in [0.29, 0.717) is 6.42 Å². The molecule has 3 N–H and O–H groups in total. The third-order valence-electron chi connectivity index (χ3n) is 2.09. The Morgan fingerprint density at radius 3 is 2.29 bits per heavy atom. The number of hydrogen-bond acceptors (Lipinski definition) is 2. The summed E-state index contributed by atoms with van der Waals surface area (Å²) in [7, 11) is 0. The summed E-state index contributed by atoms with van der Waals surface area (Å²) in [5.41, 5.74) is 7.11. The zero-order valence-electron chi connectivity index (χ0n) is 8.07. The zero-order chi connectivity index (χ0) is 10.4. The summed E-state index contributed by atoms with van der Waals surface area (Å²) in [6.07, 6.45) is 2.07. The smallest absolute Gasteiger partial charge is 0.217 e. The van der Waals surface area contributed by atoms with E-state index in [1.165, 1.54) is 5.56 Å². The molecule has 3 heteroatoms. The predicted octanol–water partition coefficient (Wildman–Crippen LogP) is 0.987. The molecule has 0 radical (unpaired) electrons. The SMILES string of the molecule is NC(=O)CCCc1ccc(CO)cc1. The summed E-state index contributed by atoms with van der Waals surface area (Å²) < 4.78 is 0. The number of rotatable bonds is 5. The average Bonchev–Trinajstić information content (AvgIpc) is 2.18. The van der Waals surface area contributed by atoms with Crippen LogP contribution in [0.1, 0.15) is 24.0 Å². The van der Waals surface area contributed by atoms with Gasteiger partial charge in [-0.2, -0.15) is 0 Å². The number of primary amides is 1. The van der Waals surface area contributed by atoms with Crippen molar-refractivity contribution < 1.29 is 9.90 Å². The highest BCUT2D eigenvalue weighted by Gasteiger charge is 1.97. The fourth-order valence-electron chi connectivity index (χ4n) is 1.28. The number of amides is 1. The highest BCUT2D eigenvalue weighted by molar-refractivity contribution is 5.73. The second-order valence-electron chi connectivity index (χ2n) is 3.29. The second-order valence-corrected chi connectivity index (χ2v) is 3.29. The Hall–Kier alpha value is -1.35. The van der Waals surface area contributed by atoms with Crippen LogP contribution in [-0.4, -0.2) is 11.0 Å². The van der Waals surface area contributed by atoms with Crippen LogP contribution in [0.4, 0.5) is 0 Å². The third kappa shape index (κ3) is 3.58. The number of carbonyl (C=O) groups is 1.